The Morgan fingerprint density at radius 3 is 2.72 bits per heavy atom. The number of amides is 1. The largest absolute Gasteiger partial charge is 0.352 e. The zero-order valence-electron chi connectivity index (χ0n) is 14.6. The highest BCUT2D eigenvalue weighted by Gasteiger charge is 2.09. The summed E-state index contributed by atoms with van der Waals surface area (Å²) >= 11 is 0. The van der Waals surface area contributed by atoms with E-state index in [1.807, 2.05) is 12.1 Å². The standard InChI is InChI=1S/C20H22N4O/c1-15-5-6-17(16(2)12-15)4-3-9-22-20(25)18-13-23-24(14-18)19-7-10-21-11-8-19/h5-8,10-14H,3-4,9H2,1-2H3,(H,22,25). The highest BCUT2D eigenvalue weighted by molar-refractivity contribution is 5.93. The third kappa shape index (κ3) is 4.32. The molecule has 0 atom stereocenters. The molecule has 0 aliphatic rings. The highest BCUT2D eigenvalue weighted by atomic mass is 16.1. The SMILES string of the molecule is Cc1ccc(CCCNC(=O)c2cnn(-c3ccncc3)c2)c(C)c1. The average molecular weight is 334 g/mol. The molecule has 0 fully saturated rings. The Kier molecular flexibility index (Phi) is 5.23. The summed E-state index contributed by atoms with van der Waals surface area (Å²) < 4.78 is 1.67. The number of rotatable bonds is 6. The Balaban J connectivity index is 1.50. The van der Waals surface area contributed by atoms with Crippen molar-refractivity contribution in [3.63, 3.8) is 0 Å². The molecule has 1 aromatic carbocycles. The number of aryl methyl sites for hydroxylation is 3. The van der Waals surface area contributed by atoms with Crippen molar-refractivity contribution in [2.45, 2.75) is 26.7 Å². The summed E-state index contributed by atoms with van der Waals surface area (Å²) in [7, 11) is 0. The van der Waals surface area contributed by atoms with E-state index in [2.05, 4.69) is 47.4 Å². The molecule has 0 aliphatic heterocycles. The van der Waals surface area contributed by atoms with Crippen LogP contribution in [-0.4, -0.2) is 27.2 Å². The topological polar surface area (TPSA) is 59.8 Å². The van der Waals surface area contributed by atoms with Crippen LogP contribution in [-0.2, 0) is 6.42 Å². The van der Waals surface area contributed by atoms with E-state index in [-0.39, 0.29) is 5.91 Å². The molecule has 0 saturated carbocycles. The molecule has 0 saturated heterocycles. The molecule has 2 aromatic heterocycles. The van der Waals surface area contributed by atoms with Gasteiger partial charge in [-0.25, -0.2) is 4.68 Å². The summed E-state index contributed by atoms with van der Waals surface area (Å²) in [5.41, 5.74) is 5.36. The first-order chi connectivity index (χ1) is 12.1. The van der Waals surface area contributed by atoms with Crippen molar-refractivity contribution >= 4 is 5.91 Å². The Morgan fingerprint density at radius 1 is 1.16 bits per heavy atom. The van der Waals surface area contributed by atoms with E-state index < -0.39 is 0 Å². The van der Waals surface area contributed by atoms with Gasteiger partial charge in [-0.05, 0) is 49.9 Å². The van der Waals surface area contributed by atoms with Crippen LogP contribution in [0.4, 0.5) is 0 Å². The Labute approximate surface area is 147 Å². The minimum absolute atomic E-state index is 0.0964. The lowest BCUT2D eigenvalue weighted by atomic mass is 10.0. The number of benzene rings is 1. The Bertz CT molecular complexity index is 855. The molecule has 25 heavy (non-hydrogen) atoms. The van der Waals surface area contributed by atoms with E-state index in [4.69, 9.17) is 0 Å². The Hall–Kier alpha value is -2.95. The van der Waals surface area contributed by atoms with Crippen LogP contribution in [0.25, 0.3) is 5.69 Å². The average Bonchev–Trinajstić information content (AvgIpc) is 3.11. The van der Waals surface area contributed by atoms with Crippen molar-refractivity contribution in [3.8, 4) is 5.69 Å². The third-order valence-corrected chi connectivity index (χ3v) is 4.18. The second-order valence-electron chi connectivity index (χ2n) is 6.17. The minimum atomic E-state index is -0.0964. The van der Waals surface area contributed by atoms with Gasteiger partial charge in [0.25, 0.3) is 5.91 Å². The fraction of sp³-hybridized carbons (Fsp3) is 0.250. The molecule has 0 aliphatic carbocycles. The number of nitrogens with one attached hydrogen (secondary N) is 1. The van der Waals surface area contributed by atoms with E-state index in [1.165, 1.54) is 16.7 Å². The quantitative estimate of drug-likeness (QED) is 0.704. The monoisotopic (exact) mass is 334 g/mol. The van der Waals surface area contributed by atoms with Gasteiger partial charge in [0.2, 0.25) is 0 Å². The molecular formula is C20H22N4O. The first-order valence-electron chi connectivity index (χ1n) is 8.43. The summed E-state index contributed by atoms with van der Waals surface area (Å²) in [5.74, 6) is -0.0964. The van der Waals surface area contributed by atoms with Gasteiger partial charge in [-0.1, -0.05) is 23.8 Å². The van der Waals surface area contributed by atoms with E-state index >= 15 is 0 Å². The molecule has 1 N–H and O–H groups in total. The number of carbonyl (C=O) groups excluding carboxylic acids is 1. The van der Waals surface area contributed by atoms with Crippen LogP contribution in [0.2, 0.25) is 0 Å². The highest BCUT2D eigenvalue weighted by Crippen LogP contribution is 2.12. The fourth-order valence-electron chi connectivity index (χ4n) is 2.79. The number of hydrogen-bond acceptors (Lipinski definition) is 3. The van der Waals surface area contributed by atoms with Gasteiger partial charge in [0.1, 0.15) is 0 Å². The number of aromatic nitrogens is 3. The summed E-state index contributed by atoms with van der Waals surface area (Å²) in [6.45, 7) is 4.88. The second kappa shape index (κ2) is 7.75. The molecule has 2 heterocycles. The number of nitrogens with zero attached hydrogens (tertiary/aromatic N) is 3. The molecule has 3 aromatic rings. The lowest BCUT2D eigenvalue weighted by Crippen LogP contribution is -2.24. The van der Waals surface area contributed by atoms with E-state index in [9.17, 15) is 4.79 Å². The summed E-state index contributed by atoms with van der Waals surface area (Å²) in [4.78, 5) is 16.2. The van der Waals surface area contributed by atoms with E-state index in [0.717, 1.165) is 18.5 Å². The van der Waals surface area contributed by atoms with Gasteiger partial charge in [-0.2, -0.15) is 5.10 Å². The van der Waals surface area contributed by atoms with Crippen LogP contribution in [0.15, 0.2) is 55.1 Å². The van der Waals surface area contributed by atoms with Crippen LogP contribution >= 0.6 is 0 Å². The molecular weight excluding hydrogens is 312 g/mol. The number of pyridine rings is 1. The first-order valence-corrected chi connectivity index (χ1v) is 8.43. The predicted molar refractivity (Wildman–Crippen MR) is 97.9 cm³/mol. The second-order valence-corrected chi connectivity index (χ2v) is 6.17. The molecule has 3 rings (SSSR count). The van der Waals surface area contributed by atoms with Gasteiger partial charge >= 0.3 is 0 Å². The molecule has 1 amide bonds. The van der Waals surface area contributed by atoms with Gasteiger partial charge in [0.05, 0.1) is 17.4 Å². The van der Waals surface area contributed by atoms with Gasteiger partial charge in [0, 0.05) is 25.1 Å². The molecule has 0 bridgehead atoms. The lowest BCUT2D eigenvalue weighted by molar-refractivity contribution is 0.0953. The van der Waals surface area contributed by atoms with Gasteiger partial charge in [-0.15, -0.1) is 0 Å². The van der Waals surface area contributed by atoms with Crippen molar-refractivity contribution in [1.82, 2.24) is 20.1 Å². The first kappa shape index (κ1) is 16.9. The molecule has 0 spiro atoms. The minimum Gasteiger partial charge on any atom is -0.352 e. The van der Waals surface area contributed by atoms with Crippen molar-refractivity contribution in [2.75, 3.05) is 6.54 Å². The predicted octanol–water partition coefficient (Wildman–Crippen LogP) is 3.25. The maximum Gasteiger partial charge on any atom is 0.254 e. The van der Waals surface area contributed by atoms with Gasteiger partial charge in [0.15, 0.2) is 0 Å². The van der Waals surface area contributed by atoms with Crippen LogP contribution in [0.3, 0.4) is 0 Å². The van der Waals surface area contributed by atoms with Crippen LogP contribution in [0.1, 0.15) is 33.5 Å². The Morgan fingerprint density at radius 2 is 1.96 bits per heavy atom. The number of carbonyl (C=O) groups is 1. The van der Waals surface area contributed by atoms with Crippen molar-refractivity contribution in [2.24, 2.45) is 0 Å². The molecule has 5 nitrogen and oxygen atoms in total. The van der Waals surface area contributed by atoms with Crippen LogP contribution < -0.4 is 5.32 Å². The zero-order chi connectivity index (χ0) is 17.6. The smallest absolute Gasteiger partial charge is 0.254 e. The zero-order valence-corrected chi connectivity index (χ0v) is 14.6. The molecule has 5 heteroatoms. The van der Waals surface area contributed by atoms with Gasteiger partial charge in [-0.3, -0.25) is 9.78 Å². The van der Waals surface area contributed by atoms with Crippen molar-refractivity contribution < 1.29 is 4.79 Å². The van der Waals surface area contributed by atoms with E-state index in [0.29, 0.717) is 12.1 Å². The molecule has 0 unspecified atom stereocenters. The van der Waals surface area contributed by atoms with Crippen molar-refractivity contribution in [1.29, 1.82) is 0 Å². The van der Waals surface area contributed by atoms with Crippen LogP contribution in [0.5, 0.6) is 0 Å². The van der Waals surface area contributed by atoms with Gasteiger partial charge < -0.3 is 5.32 Å². The summed E-state index contributed by atoms with van der Waals surface area (Å²) in [5, 5.41) is 7.19. The van der Waals surface area contributed by atoms with E-state index in [1.54, 1.807) is 29.5 Å². The normalized spacial score (nSPS) is 10.6. The summed E-state index contributed by atoms with van der Waals surface area (Å²) in [6, 6.07) is 10.2. The van der Waals surface area contributed by atoms with Crippen molar-refractivity contribution in [3.05, 3.63) is 77.4 Å². The molecule has 0 radical (unpaired) electrons. The third-order valence-electron chi connectivity index (χ3n) is 4.18. The lowest BCUT2D eigenvalue weighted by Gasteiger charge is -2.07. The maximum absolute atomic E-state index is 12.2. The fourth-order valence-corrected chi connectivity index (χ4v) is 2.79. The maximum atomic E-state index is 12.2. The molecule has 128 valence electrons. The summed E-state index contributed by atoms with van der Waals surface area (Å²) in [6.07, 6.45) is 8.58. The van der Waals surface area contributed by atoms with Crippen LogP contribution in [0, 0.1) is 13.8 Å². The number of hydrogen-bond donors (Lipinski definition) is 1.